The molecule has 0 aliphatic rings. The zero-order valence-corrected chi connectivity index (χ0v) is 13.8. The quantitative estimate of drug-likeness (QED) is 0.763. The van der Waals surface area contributed by atoms with Crippen molar-refractivity contribution in [2.24, 2.45) is 0 Å². The molecule has 0 amide bonds. The normalized spacial score (nSPS) is 11.1. The van der Waals surface area contributed by atoms with Gasteiger partial charge in [0.05, 0.1) is 10.0 Å². The van der Waals surface area contributed by atoms with E-state index in [0.29, 0.717) is 6.04 Å². The number of hydrogen-bond acceptors (Lipinski definition) is 2. The number of halogens is 2. The Kier molecular flexibility index (Phi) is 5.79. The fourth-order valence-corrected chi connectivity index (χ4v) is 3.29. The van der Waals surface area contributed by atoms with E-state index in [0.717, 1.165) is 26.4 Å². The van der Waals surface area contributed by atoms with E-state index in [4.69, 9.17) is 23.2 Å². The van der Waals surface area contributed by atoms with Crippen molar-refractivity contribution in [3.63, 3.8) is 0 Å². The summed E-state index contributed by atoms with van der Waals surface area (Å²) in [6, 6.07) is 14.3. The third-order valence-electron chi connectivity index (χ3n) is 2.80. The number of rotatable bonds is 5. The molecule has 0 radical (unpaired) electrons. The lowest BCUT2D eigenvalue weighted by atomic mass is 10.2. The van der Waals surface area contributed by atoms with E-state index in [1.165, 1.54) is 5.56 Å². The first-order chi connectivity index (χ1) is 9.58. The van der Waals surface area contributed by atoms with Gasteiger partial charge in [0.2, 0.25) is 0 Å². The molecule has 0 unspecified atom stereocenters. The Morgan fingerprint density at radius 1 is 1.00 bits per heavy atom. The van der Waals surface area contributed by atoms with Crippen LogP contribution >= 0.6 is 35.0 Å². The fourth-order valence-electron chi connectivity index (χ4n) is 1.76. The average Bonchev–Trinajstić information content (AvgIpc) is 2.41. The van der Waals surface area contributed by atoms with Crippen LogP contribution in [-0.2, 0) is 6.54 Å². The highest BCUT2D eigenvalue weighted by Gasteiger charge is 2.11. The smallest absolute Gasteiger partial charge is 0.0548 e. The van der Waals surface area contributed by atoms with Gasteiger partial charge in [0.25, 0.3) is 0 Å². The van der Waals surface area contributed by atoms with Gasteiger partial charge in [0, 0.05) is 22.4 Å². The Hall–Kier alpha value is -0.670. The summed E-state index contributed by atoms with van der Waals surface area (Å²) in [4.78, 5) is 2.09. The molecule has 2 aromatic carbocycles. The van der Waals surface area contributed by atoms with E-state index in [1.54, 1.807) is 11.8 Å². The van der Waals surface area contributed by atoms with Crippen LogP contribution in [0, 0.1) is 0 Å². The summed E-state index contributed by atoms with van der Waals surface area (Å²) in [7, 11) is 0. The minimum atomic E-state index is 0.437. The second kappa shape index (κ2) is 7.37. The topological polar surface area (TPSA) is 12.0 Å². The fraction of sp³-hybridized carbons (Fsp3) is 0.250. The summed E-state index contributed by atoms with van der Waals surface area (Å²) in [6.07, 6.45) is 0. The highest BCUT2D eigenvalue weighted by atomic mass is 35.5. The van der Waals surface area contributed by atoms with Gasteiger partial charge in [-0.1, -0.05) is 73.1 Å². The summed E-state index contributed by atoms with van der Waals surface area (Å²) < 4.78 is 0. The molecule has 0 spiro atoms. The molecule has 0 saturated carbocycles. The molecule has 1 nitrogen and oxygen atoms in total. The molecule has 0 heterocycles. The lowest BCUT2D eigenvalue weighted by Crippen LogP contribution is -2.22. The van der Waals surface area contributed by atoms with E-state index >= 15 is 0 Å². The minimum Gasteiger partial charge on any atom is -0.310 e. The van der Waals surface area contributed by atoms with Crippen molar-refractivity contribution >= 4 is 35.0 Å². The first-order valence-corrected chi connectivity index (χ1v) is 8.08. The van der Waals surface area contributed by atoms with Gasteiger partial charge >= 0.3 is 0 Å². The predicted octanol–water partition coefficient (Wildman–Crippen LogP) is 5.64. The van der Waals surface area contributed by atoms with Crippen molar-refractivity contribution in [1.82, 2.24) is 5.32 Å². The average molecular weight is 326 g/mol. The molecule has 1 N–H and O–H groups in total. The Balaban J connectivity index is 2.28. The van der Waals surface area contributed by atoms with Crippen LogP contribution in [0.25, 0.3) is 0 Å². The maximum Gasteiger partial charge on any atom is 0.0548 e. The summed E-state index contributed by atoms with van der Waals surface area (Å²) in [5.41, 5.74) is 1.19. The monoisotopic (exact) mass is 325 g/mol. The molecule has 20 heavy (non-hydrogen) atoms. The molecule has 0 bridgehead atoms. The molecule has 2 rings (SSSR count). The third-order valence-corrected chi connectivity index (χ3v) is 4.93. The van der Waals surface area contributed by atoms with Gasteiger partial charge in [0.15, 0.2) is 0 Å². The van der Waals surface area contributed by atoms with Gasteiger partial charge in [-0.05, 0) is 23.8 Å². The summed E-state index contributed by atoms with van der Waals surface area (Å²) in [6.45, 7) is 5.06. The van der Waals surface area contributed by atoms with Gasteiger partial charge in [-0.25, -0.2) is 0 Å². The molecule has 2 aromatic rings. The Morgan fingerprint density at radius 3 is 2.40 bits per heavy atom. The zero-order valence-electron chi connectivity index (χ0n) is 11.5. The van der Waals surface area contributed by atoms with Crippen LogP contribution in [0.15, 0.2) is 52.3 Å². The second-order valence-corrected chi connectivity index (χ2v) is 6.66. The molecule has 0 fully saturated rings. The Morgan fingerprint density at radius 2 is 1.70 bits per heavy atom. The van der Waals surface area contributed by atoms with Crippen LogP contribution in [0.5, 0.6) is 0 Å². The predicted molar refractivity (Wildman–Crippen MR) is 89.0 cm³/mol. The Bertz CT molecular complexity index is 584. The molecule has 0 aromatic heterocycles. The number of benzene rings is 2. The van der Waals surface area contributed by atoms with E-state index in [-0.39, 0.29) is 0 Å². The number of hydrogen-bond donors (Lipinski definition) is 1. The van der Waals surface area contributed by atoms with Crippen molar-refractivity contribution in [1.29, 1.82) is 0 Å². The number of nitrogens with one attached hydrogen (secondary N) is 1. The molecular formula is C16H17Cl2NS. The third kappa shape index (κ3) is 4.16. The van der Waals surface area contributed by atoms with Crippen LogP contribution in [0.4, 0.5) is 0 Å². The van der Waals surface area contributed by atoms with Crippen LogP contribution in [-0.4, -0.2) is 6.04 Å². The lowest BCUT2D eigenvalue weighted by Gasteiger charge is -2.14. The lowest BCUT2D eigenvalue weighted by molar-refractivity contribution is 0.585. The van der Waals surface area contributed by atoms with E-state index in [2.05, 4.69) is 25.2 Å². The SMILES string of the molecule is CC(C)NCc1cccc(Cl)c1Sc1ccccc1Cl. The van der Waals surface area contributed by atoms with Crippen molar-refractivity contribution in [3.05, 3.63) is 58.1 Å². The van der Waals surface area contributed by atoms with Crippen LogP contribution in [0.3, 0.4) is 0 Å². The maximum absolute atomic E-state index is 6.36. The van der Waals surface area contributed by atoms with Gasteiger partial charge in [0.1, 0.15) is 0 Å². The van der Waals surface area contributed by atoms with Crippen molar-refractivity contribution < 1.29 is 0 Å². The molecule has 0 aliphatic carbocycles. The van der Waals surface area contributed by atoms with Gasteiger partial charge in [-0.3, -0.25) is 0 Å². The largest absolute Gasteiger partial charge is 0.310 e. The molecular weight excluding hydrogens is 309 g/mol. The molecule has 106 valence electrons. The molecule has 0 atom stereocenters. The van der Waals surface area contributed by atoms with Crippen LogP contribution < -0.4 is 5.32 Å². The van der Waals surface area contributed by atoms with Crippen molar-refractivity contribution in [3.8, 4) is 0 Å². The van der Waals surface area contributed by atoms with Gasteiger partial charge in [-0.15, -0.1) is 0 Å². The molecule has 0 aliphatic heterocycles. The summed E-state index contributed by atoms with van der Waals surface area (Å²) in [5.74, 6) is 0. The van der Waals surface area contributed by atoms with E-state index < -0.39 is 0 Å². The highest BCUT2D eigenvalue weighted by molar-refractivity contribution is 7.99. The summed E-state index contributed by atoms with van der Waals surface area (Å²) in [5, 5.41) is 4.94. The van der Waals surface area contributed by atoms with Gasteiger partial charge < -0.3 is 5.32 Å². The minimum absolute atomic E-state index is 0.437. The standard InChI is InChI=1S/C16H17Cl2NS/c1-11(2)19-10-12-6-5-8-14(18)16(12)20-15-9-4-3-7-13(15)17/h3-9,11,19H,10H2,1-2H3. The van der Waals surface area contributed by atoms with Crippen molar-refractivity contribution in [2.45, 2.75) is 36.2 Å². The molecule has 4 heteroatoms. The van der Waals surface area contributed by atoms with Crippen molar-refractivity contribution in [2.75, 3.05) is 0 Å². The summed E-state index contributed by atoms with van der Waals surface area (Å²) >= 11 is 14.2. The molecule has 0 saturated heterocycles. The Labute approximate surface area is 134 Å². The van der Waals surface area contributed by atoms with Crippen LogP contribution in [0.2, 0.25) is 10.0 Å². The second-order valence-electron chi connectivity index (χ2n) is 4.80. The zero-order chi connectivity index (χ0) is 14.5. The first-order valence-electron chi connectivity index (χ1n) is 6.51. The van der Waals surface area contributed by atoms with E-state index in [9.17, 15) is 0 Å². The van der Waals surface area contributed by atoms with E-state index in [1.807, 2.05) is 36.4 Å². The van der Waals surface area contributed by atoms with Gasteiger partial charge in [-0.2, -0.15) is 0 Å². The first kappa shape index (κ1) is 15.7. The maximum atomic E-state index is 6.36. The highest BCUT2D eigenvalue weighted by Crippen LogP contribution is 2.39. The van der Waals surface area contributed by atoms with Crippen LogP contribution in [0.1, 0.15) is 19.4 Å².